The summed E-state index contributed by atoms with van der Waals surface area (Å²) in [6, 6.07) is 1.18. The standard InChI is InChI=1S/C10H20N2S/c1-7(2)12-3-8-5-13-6-9(4-12)10(8)11/h7-10H,3-6,11H2,1-2H3. The van der Waals surface area contributed by atoms with Gasteiger partial charge in [0.05, 0.1) is 0 Å². The van der Waals surface area contributed by atoms with Crippen LogP contribution in [0.25, 0.3) is 0 Å². The van der Waals surface area contributed by atoms with Gasteiger partial charge in [-0.3, -0.25) is 0 Å². The van der Waals surface area contributed by atoms with Crippen LogP contribution in [0.4, 0.5) is 0 Å². The van der Waals surface area contributed by atoms with Gasteiger partial charge in [-0.25, -0.2) is 0 Å². The Morgan fingerprint density at radius 3 is 2.23 bits per heavy atom. The summed E-state index contributed by atoms with van der Waals surface area (Å²) in [6.45, 7) is 7.03. The van der Waals surface area contributed by atoms with Crippen molar-refractivity contribution in [2.24, 2.45) is 17.6 Å². The van der Waals surface area contributed by atoms with E-state index in [1.165, 1.54) is 24.6 Å². The molecule has 2 bridgehead atoms. The molecule has 0 radical (unpaired) electrons. The van der Waals surface area contributed by atoms with Gasteiger partial charge in [0.2, 0.25) is 0 Å². The summed E-state index contributed by atoms with van der Waals surface area (Å²) in [5.74, 6) is 4.06. The third kappa shape index (κ3) is 1.88. The van der Waals surface area contributed by atoms with Crippen molar-refractivity contribution in [3.05, 3.63) is 0 Å². The molecular weight excluding hydrogens is 180 g/mol. The summed E-state index contributed by atoms with van der Waals surface area (Å²) in [7, 11) is 0. The Morgan fingerprint density at radius 1 is 1.23 bits per heavy atom. The van der Waals surface area contributed by atoms with E-state index < -0.39 is 0 Å². The van der Waals surface area contributed by atoms with Crippen molar-refractivity contribution in [3.8, 4) is 0 Å². The average Bonchev–Trinajstić information content (AvgIpc) is 2.02. The first kappa shape index (κ1) is 9.81. The predicted molar refractivity (Wildman–Crippen MR) is 59.0 cm³/mol. The smallest absolute Gasteiger partial charge is 0.0136 e. The van der Waals surface area contributed by atoms with Gasteiger partial charge in [0.1, 0.15) is 0 Å². The zero-order chi connectivity index (χ0) is 9.42. The molecule has 0 amide bonds. The Balaban J connectivity index is 2.03. The molecule has 2 atom stereocenters. The normalized spacial score (nSPS) is 41.1. The van der Waals surface area contributed by atoms with Crippen molar-refractivity contribution >= 4 is 11.8 Å². The summed E-state index contributed by atoms with van der Waals surface area (Å²) in [5, 5.41) is 0. The number of piperidine rings is 1. The molecule has 2 rings (SSSR count). The van der Waals surface area contributed by atoms with Gasteiger partial charge in [-0.2, -0.15) is 11.8 Å². The highest BCUT2D eigenvalue weighted by Crippen LogP contribution is 2.32. The average molecular weight is 200 g/mol. The van der Waals surface area contributed by atoms with Crippen molar-refractivity contribution in [1.82, 2.24) is 4.90 Å². The molecule has 2 aliphatic heterocycles. The molecule has 0 aromatic carbocycles. The topological polar surface area (TPSA) is 29.3 Å². The summed E-state index contributed by atoms with van der Waals surface area (Å²) < 4.78 is 0. The molecule has 13 heavy (non-hydrogen) atoms. The fourth-order valence-corrected chi connectivity index (χ4v) is 3.82. The van der Waals surface area contributed by atoms with Crippen LogP contribution in [0.15, 0.2) is 0 Å². The molecule has 0 aliphatic carbocycles. The maximum absolute atomic E-state index is 6.21. The fourth-order valence-electron chi connectivity index (χ4n) is 2.43. The van der Waals surface area contributed by atoms with E-state index in [-0.39, 0.29) is 0 Å². The molecule has 0 aromatic heterocycles. The lowest BCUT2D eigenvalue weighted by Gasteiger charge is -2.47. The second kappa shape index (κ2) is 3.79. The van der Waals surface area contributed by atoms with Gasteiger partial charge in [0.15, 0.2) is 0 Å². The zero-order valence-electron chi connectivity index (χ0n) is 8.57. The summed E-state index contributed by atoms with van der Waals surface area (Å²) >= 11 is 2.10. The number of nitrogens with zero attached hydrogens (tertiary/aromatic N) is 1. The molecule has 2 N–H and O–H groups in total. The molecule has 0 aromatic rings. The van der Waals surface area contributed by atoms with E-state index in [0.29, 0.717) is 12.1 Å². The molecule has 2 aliphatic rings. The minimum absolute atomic E-state index is 0.483. The van der Waals surface area contributed by atoms with E-state index in [1.807, 2.05) is 0 Å². The predicted octanol–water partition coefficient (Wildman–Crippen LogP) is 1.02. The maximum Gasteiger partial charge on any atom is 0.0136 e. The van der Waals surface area contributed by atoms with E-state index in [0.717, 1.165) is 11.8 Å². The Hall–Kier alpha value is 0.270. The van der Waals surface area contributed by atoms with Crippen molar-refractivity contribution in [1.29, 1.82) is 0 Å². The van der Waals surface area contributed by atoms with Crippen LogP contribution in [0.2, 0.25) is 0 Å². The van der Waals surface area contributed by atoms with E-state index in [4.69, 9.17) is 5.73 Å². The van der Waals surface area contributed by atoms with Crippen molar-refractivity contribution in [3.63, 3.8) is 0 Å². The first-order valence-electron chi connectivity index (χ1n) is 5.26. The number of thioether (sulfide) groups is 1. The number of likely N-dealkylation sites (tertiary alicyclic amines) is 1. The highest BCUT2D eigenvalue weighted by atomic mass is 32.2. The van der Waals surface area contributed by atoms with Crippen LogP contribution < -0.4 is 5.73 Å². The molecule has 2 saturated heterocycles. The summed E-state index contributed by atoms with van der Waals surface area (Å²) in [6.07, 6.45) is 0. The van der Waals surface area contributed by atoms with Crippen LogP contribution in [-0.4, -0.2) is 41.6 Å². The Labute approximate surface area is 85.2 Å². The quantitative estimate of drug-likeness (QED) is 0.685. The fraction of sp³-hybridized carbons (Fsp3) is 1.00. The van der Waals surface area contributed by atoms with Gasteiger partial charge >= 0.3 is 0 Å². The van der Waals surface area contributed by atoms with E-state index in [1.54, 1.807) is 0 Å². The molecule has 2 heterocycles. The van der Waals surface area contributed by atoms with Crippen molar-refractivity contribution < 1.29 is 0 Å². The van der Waals surface area contributed by atoms with Crippen LogP contribution in [0, 0.1) is 11.8 Å². The molecule has 2 fully saturated rings. The number of fused-ring (bicyclic) bond motifs is 2. The molecule has 2 unspecified atom stereocenters. The Morgan fingerprint density at radius 2 is 1.77 bits per heavy atom. The third-order valence-electron chi connectivity index (χ3n) is 3.42. The maximum atomic E-state index is 6.21. The van der Waals surface area contributed by atoms with E-state index >= 15 is 0 Å². The van der Waals surface area contributed by atoms with Crippen LogP contribution in [0.5, 0.6) is 0 Å². The van der Waals surface area contributed by atoms with Crippen LogP contribution in [-0.2, 0) is 0 Å². The lowest BCUT2D eigenvalue weighted by atomic mass is 9.85. The van der Waals surface area contributed by atoms with Gasteiger partial charge in [-0.1, -0.05) is 0 Å². The van der Waals surface area contributed by atoms with Gasteiger partial charge in [-0.05, 0) is 37.2 Å². The largest absolute Gasteiger partial charge is 0.327 e. The van der Waals surface area contributed by atoms with Crippen LogP contribution >= 0.6 is 11.8 Å². The molecule has 3 heteroatoms. The van der Waals surface area contributed by atoms with Gasteiger partial charge < -0.3 is 10.6 Å². The lowest BCUT2D eigenvalue weighted by Crippen LogP contribution is -2.58. The molecule has 76 valence electrons. The highest BCUT2D eigenvalue weighted by molar-refractivity contribution is 7.99. The van der Waals surface area contributed by atoms with Crippen molar-refractivity contribution in [2.75, 3.05) is 24.6 Å². The first-order valence-corrected chi connectivity index (χ1v) is 6.41. The Bertz CT molecular complexity index is 170. The molecule has 0 saturated carbocycles. The second-order valence-corrected chi connectivity index (χ2v) is 5.76. The second-order valence-electron chi connectivity index (χ2n) is 4.68. The summed E-state index contributed by atoms with van der Waals surface area (Å²) in [4.78, 5) is 2.60. The van der Waals surface area contributed by atoms with Crippen LogP contribution in [0.1, 0.15) is 13.8 Å². The first-order chi connectivity index (χ1) is 6.18. The zero-order valence-corrected chi connectivity index (χ0v) is 9.39. The third-order valence-corrected chi connectivity index (χ3v) is 4.75. The SMILES string of the molecule is CC(C)N1CC2CSCC(C1)C2N. The minimum atomic E-state index is 0.483. The van der Waals surface area contributed by atoms with E-state index in [9.17, 15) is 0 Å². The number of rotatable bonds is 1. The monoisotopic (exact) mass is 200 g/mol. The van der Waals surface area contributed by atoms with Gasteiger partial charge in [0.25, 0.3) is 0 Å². The van der Waals surface area contributed by atoms with Crippen molar-refractivity contribution in [2.45, 2.75) is 25.9 Å². The van der Waals surface area contributed by atoms with Gasteiger partial charge in [-0.15, -0.1) is 0 Å². The van der Waals surface area contributed by atoms with E-state index in [2.05, 4.69) is 30.5 Å². The number of hydrogen-bond donors (Lipinski definition) is 1. The number of hydrogen-bond acceptors (Lipinski definition) is 3. The number of nitrogens with two attached hydrogens (primary N) is 1. The molecular formula is C10H20N2S. The molecule has 2 nitrogen and oxygen atoms in total. The highest BCUT2D eigenvalue weighted by Gasteiger charge is 2.38. The molecule has 0 spiro atoms. The minimum Gasteiger partial charge on any atom is -0.327 e. The lowest BCUT2D eigenvalue weighted by molar-refractivity contribution is 0.0915. The van der Waals surface area contributed by atoms with Gasteiger partial charge in [0, 0.05) is 25.2 Å². The summed E-state index contributed by atoms with van der Waals surface area (Å²) in [5.41, 5.74) is 6.21. The van der Waals surface area contributed by atoms with Crippen LogP contribution in [0.3, 0.4) is 0 Å². The Kier molecular flexibility index (Phi) is 2.86.